The Kier molecular flexibility index (Phi) is 9.39. The second-order valence-corrected chi connectivity index (χ2v) is 5.71. The van der Waals surface area contributed by atoms with Crippen LogP contribution in [0.4, 0.5) is 30.7 Å². The Morgan fingerprint density at radius 2 is 0.909 bits per heavy atom. The molecule has 0 rings (SSSR count). The Hall–Kier alpha value is -0.490. The Bertz CT molecular complexity index is 284. The highest BCUT2D eigenvalue weighted by Gasteiger charge is 2.72. The molecule has 0 bridgehead atoms. The van der Waals surface area contributed by atoms with E-state index in [0.717, 1.165) is 38.5 Å². The van der Waals surface area contributed by atoms with Crippen molar-refractivity contribution in [3.05, 3.63) is 0 Å². The highest BCUT2D eigenvalue weighted by molar-refractivity contribution is 4.90. The van der Waals surface area contributed by atoms with Gasteiger partial charge in [0, 0.05) is 6.42 Å². The molecule has 0 spiro atoms. The summed E-state index contributed by atoms with van der Waals surface area (Å²) in [5.74, 6) is -11.0. The van der Waals surface area contributed by atoms with Crippen LogP contribution in [0.25, 0.3) is 0 Å². The predicted molar refractivity (Wildman–Crippen MR) is 72.4 cm³/mol. The molecule has 0 aliphatic rings. The van der Waals surface area contributed by atoms with Gasteiger partial charge in [0.2, 0.25) is 0 Å². The average molecular weight is 338 g/mol. The van der Waals surface area contributed by atoms with Gasteiger partial charge in [-0.1, -0.05) is 64.7 Å². The van der Waals surface area contributed by atoms with Crippen molar-refractivity contribution in [2.45, 2.75) is 95.6 Å². The van der Waals surface area contributed by atoms with Crippen LogP contribution >= 0.6 is 0 Å². The van der Waals surface area contributed by atoms with E-state index < -0.39 is 24.4 Å². The Labute approximate surface area is 127 Å². The molecule has 22 heavy (non-hydrogen) atoms. The van der Waals surface area contributed by atoms with Gasteiger partial charge in [0.1, 0.15) is 0 Å². The Morgan fingerprint density at radius 3 is 1.27 bits per heavy atom. The number of rotatable bonds is 12. The molecule has 0 unspecified atom stereocenters. The highest BCUT2D eigenvalue weighted by atomic mass is 19.4. The fraction of sp³-hybridized carbons (Fsp3) is 1.00. The summed E-state index contributed by atoms with van der Waals surface area (Å²) in [5.41, 5.74) is 0. The van der Waals surface area contributed by atoms with Crippen molar-refractivity contribution in [2.75, 3.05) is 0 Å². The third-order valence-corrected chi connectivity index (χ3v) is 3.66. The van der Waals surface area contributed by atoms with Crippen LogP contribution in [0.15, 0.2) is 0 Å². The molecule has 7 heteroatoms. The van der Waals surface area contributed by atoms with Crippen molar-refractivity contribution >= 4 is 0 Å². The van der Waals surface area contributed by atoms with Crippen LogP contribution < -0.4 is 0 Å². The fourth-order valence-electron chi connectivity index (χ4n) is 2.20. The van der Waals surface area contributed by atoms with Gasteiger partial charge in [-0.25, -0.2) is 0 Å². The molecule has 0 aromatic rings. The lowest BCUT2D eigenvalue weighted by molar-refractivity contribution is -0.355. The molecular weight excluding hydrogens is 313 g/mol. The smallest absolute Gasteiger partial charge is 0.200 e. The summed E-state index contributed by atoms with van der Waals surface area (Å²) in [5, 5.41) is 0. The molecule has 0 N–H and O–H groups in total. The second-order valence-electron chi connectivity index (χ2n) is 5.71. The minimum Gasteiger partial charge on any atom is -0.200 e. The van der Waals surface area contributed by atoms with Crippen molar-refractivity contribution in [1.82, 2.24) is 0 Å². The number of alkyl halides is 7. The lowest BCUT2D eigenvalue weighted by Gasteiger charge is -2.28. The van der Waals surface area contributed by atoms with Gasteiger partial charge >= 0.3 is 18.0 Å². The van der Waals surface area contributed by atoms with E-state index in [1.807, 2.05) is 0 Å². The topological polar surface area (TPSA) is 0 Å². The van der Waals surface area contributed by atoms with Crippen LogP contribution in [0.3, 0.4) is 0 Å². The quantitative estimate of drug-likeness (QED) is 0.262. The van der Waals surface area contributed by atoms with E-state index in [4.69, 9.17) is 0 Å². The molecule has 134 valence electrons. The zero-order chi connectivity index (χ0) is 17.3. The first-order chi connectivity index (χ1) is 10.1. The zero-order valence-electron chi connectivity index (χ0n) is 12.9. The van der Waals surface area contributed by atoms with E-state index in [1.165, 1.54) is 6.42 Å². The first-order valence-corrected chi connectivity index (χ1v) is 7.88. The molecule has 0 fully saturated rings. The molecule has 0 aliphatic heterocycles. The second kappa shape index (κ2) is 9.60. The molecule has 0 aliphatic carbocycles. The van der Waals surface area contributed by atoms with Crippen molar-refractivity contribution in [2.24, 2.45) is 0 Å². The molecule has 0 nitrogen and oxygen atoms in total. The van der Waals surface area contributed by atoms with Gasteiger partial charge in [-0.3, -0.25) is 0 Å². The summed E-state index contributed by atoms with van der Waals surface area (Å²) in [4.78, 5) is 0. The summed E-state index contributed by atoms with van der Waals surface area (Å²) >= 11 is 0. The van der Waals surface area contributed by atoms with E-state index in [1.54, 1.807) is 0 Å². The standard InChI is InChI=1S/C15H25F7/c1-2-3-4-5-6-7-8-9-10-11-12-13(16,17)14(18,19)15(20,21)22/h2-12H2,1H3. The molecule has 0 amide bonds. The van der Waals surface area contributed by atoms with Gasteiger partial charge in [-0.2, -0.15) is 30.7 Å². The van der Waals surface area contributed by atoms with Crippen molar-refractivity contribution < 1.29 is 30.7 Å². The summed E-state index contributed by atoms with van der Waals surface area (Å²) in [6, 6.07) is 0. The number of unbranched alkanes of at least 4 members (excludes halogenated alkanes) is 9. The van der Waals surface area contributed by atoms with Crippen LogP contribution in [-0.4, -0.2) is 18.0 Å². The maximum Gasteiger partial charge on any atom is 0.459 e. The lowest BCUT2D eigenvalue weighted by atomic mass is 10.0. The zero-order valence-corrected chi connectivity index (χ0v) is 12.9. The van der Waals surface area contributed by atoms with Gasteiger partial charge in [0.15, 0.2) is 0 Å². The SMILES string of the molecule is CCCCCCCCCCCCC(F)(F)C(F)(F)C(F)(F)F. The van der Waals surface area contributed by atoms with Gasteiger partial charge in [0.05, 0.1) is 0 Å². The first-order valence-electron chi connectivity index (χ1n) is 7.88. The van der Waals surface area contributed by atoms with E-state index in [9.17, 15) is 30.7 Å². The van der Waals surface area contributed by atoms with Crippen molar-refractivity contribution in [3.63, 3.8) is 0 Å². The Morgan fingerprint density at radius 1 is 0.545 bits per heavy atom. The number of halogens is 7. The molecule has 0 aromatic heterocycles. The predicted octanol–water partition coefficient (Wildman–Crippen LogP) is 7.13. The van der Waals surface area contributed by atoms with E-state index in [-0.39, 0.29) is 12.8 Å². The molecular formula is C15H25F7. The largest absolute Gasteiger partial charge is 0.459 e. The van der Waals surface area contributed by atoms with E-state index in [0.29, 0.717) is 6.42 Å². The van der Waals surface area contributed by atoms with Crippen LogP contribution in [0.2, 0.25) is 0 Å². The van der Waals surface area contributed by atoms with E-state index in [2.05, 4.69) is 6.92 Å². The Balaban J connectivity index is 3.78. The normalized spacial score (nSPS) is 13.6. The highest BCUT2D eigenvalue weighted by Crippen LogP contribution is 2.48. The minimum atomic E-state index is -6.21. The van der Waals surface area contributed by atoms with Gasteiger partial charge in [0.25, 0.3) is 0 Å². The number of hydrogen-bond donors (Lipinski definition) is 0. The maximum atomic E-state index is 13.0. The molecule has 0 atom stereocenters. The van der Waals surface area contributed by atoms with Gasteiger partial charge in [-0.05, 0) is 6.42 Å². The first kappa shape index (κ1) is 21.5. The van der Waals surface area contributed by atoms with Crippen LogP contribution in [-0.2, 0) is 0 Å². The fourth-order valence-corrected chi connectivity index (χ4v) is 2.20. The summed E-state index contributed by atoms with van der Waals surface area (Å²) in [6.45, 7) is 2.11. The van der Waals surface area contributed by atoms with Crippen molar-refractivity contribution in [1.29, 1.82) is 0 Å². The average Bonchev–Trinajstić information content (AvgIpc) is 2.39. The molecule has 0 heterocycles. The van der Waals surface area contributed by atoms with E-state index >= 15 is 0 Å². The summed E-state index contributed by atoms with van der Waals surface area (Å²) in [7, 11) is 0. The summed E-state index contributed by atoms with van der Waals surface area (Å²) in [6.07, 6.45) is 0.256. The lowest BCUT2D eigenvalue weighted by Crippen LogP contribution is -2.51. The van der Waals surface area contributed by atoms with Crippen LogP contribution in [0, 0.1) is 0 Å². The third kappa shape index (κ3) is 7.18. The van der Waals surface area contributed by atoms with Crippen LogP contribution in [0.5, 0.6) is 0 Å². The molecule has 0 radical (unpaired) electrons. The van der Waals surface area contributed by atoms with Crippen LogP contribution in [0.1, 0.15) is 77.6 Å². The van der Waals surface area contributed by atoms with Crippen molar-refractivity contribution in [3.8, 4) is 0 Å². The maximum absolute atomic E-state index is 13.0. The monoisotopic (exact) mass is 338 g/mol. The van der Waals surface area contributed by atoms with Gasteiger partial charge in [-0.15, -0.1) is 0 Å². The molecule has 0 aromatic carbocycles. The minimum absolute atomic E-state index is 0.248. The summed E-state index contributed by atoms with van der Waals surface area (Å²) < 4.78 is 86.9. The number of hydrogen-bond acceptors (Lipinski definition) is 0. The van der Waals surface area contributed by atoms with Gasteiger partial charge < -0.3 is 0 Å². The molecule has 0 saturated heterocycles. The third-order valence-electron chi connectivity index (χ3n) is 3.66. The molecule has 0 saturated carbocycles.